The summed E-state index contributed by atoms with van der Waals surface area (Å²) in [5.74, 6) is 0.301. The molecular weight excluding hydrogens is 390 g/mol. The van der Waals surface area contributed by atoms with Gasteiger partial charge in [0.2, 0.25) is 0 Å². The van der Waals surface area contributed by atoms with Gasteiger partial charge in [0.1, 0.15) is 17.1 Å². The fraction of sp³-hybridized carbons (Fsp3) is 0.0800. The highest BCUT2D eigenvalue weighted by Crippen LogP contribution is 2.39. The van der Waals surface area contributed by atoms with Crippen molar-refractivity contribution in [3.63, 3.8) is 0 Å². The van der Waals surface area contributed by atoms with Crippen LogP contribution in [0.2, 0.25) is 0 Å². The Morgan fingerprint density at radius 1 is 0.677 bits per heavy atom. The molecule has 0 fully saturated rings. The van der Waals surface area contributed by atoms with Gasteiger partial charge < -0.3 is 14.9 Å². The first kappa shape index (κ1) is 18.8. The molecule has 4 aromatic carbocycles. The van der Waals surface area contributed by atoms with Crippen LogP contribution in [-0.4, -0.2) is 31.8 Å². The van der Waals surface area contributed by atoms with E-state index in [1.54, 1.807) is 6.07 Å². The number of fused-ring (bicyclic) bond motifs is 2. The lowest BCUT2D eigenvalue weighted by atomic mass is 9.96. The summed E-state index contributed by atoms with van der Waals surface area (Å²) in [4.78, 5) is 13.6. The first-order chi connectivity index (χ1) is 15.2. The van der Waals surface area contributed by atoms with Crippen molar-refractivity contribution >= 4 is 21.5 Å². The van der Waals surface area contributed by atoms with Gasteiger partial charge >= 0.3 is 6.01 Å². The average molecular weight is 409 g/mol. The second kappa shape index (κ2) is 7.57. The Morgan fingerprint density at radius 3 is 1.81 bits per heavy atom. The summed E-state index contributed by atoms with van der Waals surface area (Å²) in [7, 11) is 0. The molecule has 0 aliphatic heterocycles. The highest BCUT2D eigenvalue weighted by Gasteiger charge is 2.19. The van der Waals surface area contributed by atoms with E-state index in [1.807, 2.05) is 55.5 Å². The number of hydrogen-bond acceptors (Lipinski definition) is 6. The zero-order chi connectivity index (χ0) is 21.4. The molecule has 2 N–H and O–H groups in total. The molecule has 0 unspecified atom stereocenters. The van der Waals surface area contributed by atoms with E-state index in [4.69, 9.17) is 4.74 Å². The van der Waals surface area contributed by atoms with Crippen LogP contribution in [0.4, 0.5) is 0 Å². The molecule has 1 heterocycles. The number of benzene rings is 4. The maximum absolute atomic E-state index is 10.4. The number of aromatic hydroxyl groups is 2. The van der Waals surface area contributed by atoms with Crippen molar-refractivity contribution in [2.24, 2.45) is 0 Å². The Balaban J connectivity index is 1.87. The number of nitrogens with zero attached hydrogens (tertiary/aromatic N) is 3. The topological polar surface area (TPSA) is 88.4 Å². The summed E-state index contributed by atoms with van der Waals surface area (Å²) in [6.07, 6.45) is 0. The molecule has 5 aromatic rings. The molecule has 0 aliphatic carbocycles. The number of aromatic nitrogens is 3. The minimum atomic E-state index is -0.123. The van der Waals surface area contributed by atoms with Gasteiger partial charge in [-0.05, 0) is 46.7 Å². The van der Waals surface area contributed by atoms with E-state index in [0.29, 0.717) is 12.4 Å². The molecule has 0 saturated carbocycles. The molecule has 0 saturated heterocycles. The lowest BCUT2D eigenvalue weighted by Crippen LogP contribution is -2.04. The van der Waals surface area contributed by atoms with E-state index in [-0.39, 0.29) is 28.9 Å². The van der Waals surface area contributed by atoms with Crippen LogP contribution in [0.15, 0.2) is 72.8 Å². The highest BCUT2D eigenvalue weighted by molar-refractivity contribution is 6.11. The van der Waals surface area contributed by atoms with E-state index >= 15 is 0 Å². The fourth-order valence-corrected chi connectivity index (χ4v) is 3.79. The molecule has 0 radical (unpaired) electrons. The normalized spacial score (nSPS) is 11.1. The molecule has 0 bridgehead atoms. The van der Waals surface area contributed by atoms with Crippen LogP contribution in [0, 0.1) is 0 Å². The van der Waals surface area contributed by atoms with E-state index in [2.05, 4.69) is 21.0 Å². The van der Waals surface area contributed by atoms with Gasteiger partial charge in [0.25, 0.3) is 0 Å². The van der Waals surface area contributed by atoms with Gasteiger partial charge in [-0.1, -0.05) is 54.6 Å². The molecular formula is C25H19N3O3. The van der Waals surface area contributed by atoms with E-state index in [9.17, 15) is 10.2 Å². The van der Waals surface area contributed by atoms with Crippen molar-refractivity contribution in [1.82, 2.24) is 15.0 Å². The maximum atomic E-state index is 10.4. The molecule has 0 amide bonds. The second-order valence-corrected chi connectivity index (χ2v) is 7.06. The van der Waals surface area contributed by atoms with Crippen LogP contribution in [-0.2, 0) is 0 Å². The van der Waals surface area contributed by atoms with Crippen LogP contribution in [0.5, 0.6) is 17.5 Å². The van der Waals surface area contributed by atoms with Gasteiger partial charge in [-0.3, -0.25) is 0 Å². The van der Waals surface area contributed by atoms with Gasteiger partial charge in [-0.2, -0.15) is 9.97 Å². The summed E-state index contributed by atoms with van der Waals surface area (Å²) in [5, 5.41) is 24.8. The van der Waals surface area contributed by atoms with Crippen LogP contribution in [0.1, 0.15) is 6.92 Å². The molecule has 6 heteroatoms. The van der Waals surface area contributed by atoms with Crippen LogP contribution < -0.4 is 4.74 Å². The standard InChI is InChI=1S/C25H19N3O3/c1-2-31-25-27-23(26-24(28-25)22-19(29)12-7-13-20(22)30)21-17-10-5-3-8-15(17)14-16-9-4-6-11-18(16)21/h3-14,29-30H,2H2,1H3. The van der Waals surface area contributed by atoms with Gasteiger partial charge in [-0.15, -0.1) is 0 Å². The lowest BCUT2D eigenvalue weighted by Gasteiger charge is -2.13. The first-order valence-corrected chi connectivity index (χ1v) is 9.96. The fourth-order valence-electron chi connectivity index (χ4n) is 3.79. The number of hydrogen-bond donors (Lipinski definition) is 2. The molecule has 1 aromatic heterocycles. The summed E-state index contributed by atoms with van der Waals surface area (Å²) in [5.41, 5.74) is 0.977. The van der Waals surface area contributed by atoms with E-state index < -0.39 is 0 Å². The SMILES string of the molecule is CCOc1nc(-c2c(O)cccc2O)nc(-c2c3ccccc3cc3ccccc23)n1. The van der Waals surface area contributed by atoms with Crippen LogP contribution in [0.25, 0.3) is 44.3 Å². The zero-order valence-electron chi connectivity index (χ0n) is 16.8. The summed E-state index contributed by atoms with van der Waals surface area (Å²) in [6.45, 7) is 2.21. The van der Waals surface area contributed by atoms with Crippen molar-refractivity contribution in [3.05, 3.63) is 72.8 Å². The Bertz CT molecular complexity index is 1360. The Kier molecular flexibility index (Phi) is 4.59. The predicted molar refractivity (Wildman–Crippen MR) is 120 cm³/mol. The molecule has 0 aliphatic rings. The third-order valence-electron chi connectivity index (χ3n) is 5.13. The number of phenolic OH excluding ortho intramolecular Hbond substituents is 2. The quantitative estimate of drug-likeness (QED) is 0.391. The van der Waals surface area contributed by atoms with Gasteiger partial charge in [-0.25, -0.2) is 4.98 Å². The minimum absolute atomic E-state index is 0.123. The Hall–Kier alpha value is -4.19. The predicted octanol–water partition coefficient (Wildman–Crippen LogP) is 5.32. The van der Waals surface area contributed by atoms with Crippen molar-refractivity contribution in [2.75, 3.05) is 6.61 Å². The van der Waals surface area contributed by atoms with Crippen molar-refractivity contribution in [1.29, 1.82) is 0 Å². The molecule has 5 rings (SSSR count). The average Bonchev–Trinajstić information content (AvgIpc) is 2.77. The van der Waals surface area contributed by atoms with Gasteiger partial charge in [0, 0.05) is 5.56 Å². The number of ether oxygens (including phenoxy) is 1. The molecule has 6 nitrogen and oxygen atoms in total. The summed E-state index contributed by atoms with van der Waals surface area (Å²) < 4.78 is 5.61. The third kappa shape index (κ3) is 3.28. The number of phenols is 2. The van der Waals surface area contributed by atoms with Crippen molar-refractivity contribution < 1.29 is 14.9 Å². The van der Waals surface area contributed by atoms with Crippen molar-refractivity contribution in [3.8, 4) is 40.3 Å². The van der Waals surface area contributed by atoms with Crippen LogP contribution >= 0.6 is 0 Å². The monoisotopic (exact) mass is 409 g/mol. The molecule has 0 atom stereocenters. The smallest absolute Gasteiger partial charge is 0.320 e. The minimum Gasteiger partial charge on any atom is -0.507 e. The maximum Gasteiger partial charge on any atom is 0.320 e. The molecule has 0 spiro atoms. The summed E-state index contributed by atoms with van der Waals surface area (Å²) >= 11 is 0. The zero-order valence-corrected chi connectivity index (χ0v) is 16.8. The Morgan fingerprint density at radius 2 is 1.23 bits per heavy atom. The molecule has 31 heavy (non-hydrogen) atoms. The lowest BCUT2D eigenvalue weighted by molar-refractivity contribution is 0.312. The van der Waals surface area contributed by atoms with Gasteiger partial charge in [0.15, 0.2) is 11.6 Å². The molecule has 152 valence electrons. The van der Waals surface area contributed by atoms with Crippen LogP contribution in [0.3, 0.4) is 0 Å². The first-order valence-electron chi connectivity index (χ1n) is 9.96. The third-order valence-corrected chi connectivity index (χ3v) is 5.13. The number of rotatable bonds is 4. The largest absolute Gasteiger partial charge is 0.507 e. The van der Waals surface area contributed by atoms with E-state index in [0.717, 1.165) is 27.1 Å². The van der Waals surface area contributed by atoms with E-state index in [1.165, 1.54) is 12.1 Å². The summed E-state index contributed by atoms with van der Waals surface area (Å²) in [6, 6.07) is 22.8. The second-order valence-electron chi connectivity index (χ2n) is 7.06. The Labute approximate surface area is 178 Å². The van der Waals surface area contributed by atoms with Gasteiger partial charge in [0.05, 0.1) is 6.61 Å². The highest BCUT2D eigenvalue weighted by atomic mass is 16.5. The van der Waals surface area contributed by atoms with Crippen molar-refractivity contribution in [2.45, 2.75) is 6.92 Å².